The zero-order valence-corrected chi connectivity index (χ0v) is 9.03. The zero-order chi connectivity index (χ0) is 11.6. The SMILES string of the molecule is O=S(=O)(O)c1[c]c(-c2[c]cccc2)ccc1. The van der Waals surface area contributed by atoms with Gasteiger partial charge in [-0.25, -0.2) is 0 Å². The highest BCUT2D eigenvalue weighted by atomic mass is 32.2. The molecule has 0 atom stereocenters. The van der Waals surface area contributed by atoms with Gasteiger partial charge in [-0.05, 0) is 23.3 Å². The highest BCUT2D eigenvalue weighted by Crippen LogP contribution is 2.20. The second-order valence-corrected chi connectivity index (χ2v) is 4.57. The summed E-state index contributed by atoms with van der Waals surface area (Å²) in [5.41, 5.74) is 1.31. The Labute approximate surface area is 94.1 Å². The van der Waals surface area contributed by atoms with Gasteiger partial charge in [-0.15, -0.1) is 0 Å². The van der Waals surface area contributed by atoms with Crippen LogP contribution in [0.1, 0.15) is 0 Å². The van der Waals surface area contributed by atoms with E-state index in [0.717, 1.165) is 5.56 Å². The Morgan fingerprint density at radius 2 is 1.75 bits per heavy atom. The second-order valence-electron chi connectivity index (χ2n) is 3.18. The van der Waals surface area contributed by atoms with Gasteiger partial charge in [0.1, 0.15) is 4.90 Å². The predicted molar refractivity (Wildman–Crippen MR) is 59.4 cm³/mol. The van der Waals surface area contributed by atoms with Gasteiger partial charge in [0.15, 0.2) is 0 Å². The van der Waals surface area contributed by atoms with Crippen LogP contribution in [0.5, 0.6) is 0 Å². The van der Waals surface area contributed by atoms with E-state index >= 15 is 0 Å². The minimum atomic E-state index is -4.20. The van der Waals surface area contributed by atoms with E-state index in [1.54, 1.807) is 24.3 Å². The van der Waals surface area contributed by atoms with Gasteiger partial charge in [0.05, 0.1) is 0 Å². The Kier molecular flexibility index (Phi) is 2.77. The molecule has 0 saturated heterocycles. The van der Waals surface area contributed by atoms with Gasteiger partial charge in [-0.1, -0.05) is 36.4 Å². The fourth-order valence-corrected chi connectivity index (χ4v) is 1.81. The predicted octanol–water partition coefficient (Wildman–Crippen LogP) is 2.20. The van der Waals surface area contributed by atoms with Crippen LogP contribution in [0.25, 0.3) is 11.1 Å². The van der Waals surface area contributed by atoms with E-state index in [0.29, 0.717) is 5.56 Å². The van der Waals surface area contributed by atoms with Crippen molar-refractivity contribution in [2.75, 3.05) is 0 Å². The van der Waals surface area contributed by atoms with E-state index in [1.807, 2.05) is 12.1 Å². The summed E-state index contributed by atoms with van der Waals surface area (Å²) in [6, 6.07) is 17.3. The fourth-order valence-electron chi connectivity index (χ4n) is 1.32. The summed E-state index contributed by atoms with van der Waals surface area (Å²) in [6.45, 7) is 0. The van der Waals surface area contributed by atoms with E-state index in [4.69, 9.17) is 4.55 Å². The third-order valence-electron chi connectivity index (χ3n) is 2.05. The molecule has 2 aromatic carbocycles. The first kappa shape index (κ1) is 10.9. The molecule has 0 aliphatic rings. The van der Waals surface area contributed by atoms with Crippen molar-refractivity contribution in [3.63, 3.8) is 0 Å². The maximum Gasteiger partial charge on any atom is 0.295 e. The molecule has 0 aromatic heterocycles. The Balaban J connectivity index is 2.53. The third kappa shape index (κ3) is 2.29. The second kappa shape index (κ2) is 4.08. The van der Waals surface area contributed by atoms with E-state index in [2.05, 4.69) is 12.1 Å². The minimum absolute atomic E-state index is 0.234. The molecule has 2 radical (unpaired) electrons. The number of hydrogen-bond donors (Lipinski definition) is 1. The van der Waals surface area contributed by atoms with E-state index in [1.165, 1.54) is 6.07 Å². The average molecular weight is 232 g/mol. The van der Waals surface area contributed by atoms with Crippen molar-refractivity contribution in [3.05, 3.63) is 54.6 Å². The highest BCUT2D eigenvalue weighted by molar-refractivity contribution is 7.85. The molecule has 0 unspecified atom stereocenters. The first-order chi connectivity index (χ1) is 7.57. The summed E-state index contributed by atoms with van der Waals surface area (Å²) >= 11 is 0. The Bertz CT molecular complexity index is 589. The molecule has 0 amide bonds. The zero-order valence-electron chi connectivity index (χ0n) is 8.21. The van der Waals surface area contributed by atoms with Crippen LogP contribution in [0, 0.1) is 12.1 Å². The lowest BCUT2D eigenvalue weighted by atomic mass is 10.1. The number of benzene rings is 2. The lowest BCUT2D eigenvalue weighted by molar-refractivity contribution is 0.483. The third-order valence-corrected chi connectivity index (χ3v) is 2.84. The lowest BCUT2D eigenvalue weighted by Gasteiger charge is -2.02. The van der Waals surface area contributed by atoms with Crippen LogP contribution in [0.4, 0.5) is 0 Å². The van der Waals surface area contributed by atoms with Crippen LogP contribution < -0.4 is 0 Å². The average Bonchev–Trinajstić information content (AvgIpc) is 2.29. The van der Waals surface area contributed by atoms with Gasteiger partial charge in [0, 0.05) is 6.07 Å². The van der Waals surface area contributed by atoms with Gasteiger partial charge >= 0.3 is 0 Å². The molecule has 2 rings (SSSR count). The molecule has 0 saturated carbocycles. The van der Waals surface area contributed by atoms with Crippen LogP contribution in [0.3, 0.4) is 0 Å². The minimum Gasteiger partial charge on any atom is -0.282 e. The Hall–Kier alpha value is -1.65. The quantitative estimate of drug-likeness (QED) is 0.807. The molecule has 16 heavy (non-hydrogen) atoms. The molecule has 1 N–H and O–H groups in total. The van der Waals surface area contributed by atoms with E-state index in [9.17, 15) is 8.42 Å². The van der Waals surface area contributed by atoms with Gasteiger partial charge in [0.25, 0.3) is 10.1 Å². The molecule has 0 bridgehead atoms. The van der Waals surface area contributed by atoms with Crippen LogP contribution in [-0.4, -0.2) is 13.0 Å². The molecule has 0 aliphatic carbocycles. The molecule has 80 valence electrons. The standard InChI is InChI=1S/C12H8O3S/c13-16(14,15)12-8-4-7-11(9-12)10-5-2-1-3-6-10/h1-5,7-8H,(H,13,14,15). The Morgan fingerprint density at radius 3 is 2.38 bits per heavy atom. The maximum atomic E-state index is 10.9. The van der Waals surface area contributed by atoms with Gasteiger partial charge in [0.2, 0.25) is 0 Å². The molecule has 0 aliphatic heterocycles. The first-order valence-corrected chi connectivity index (χ1v) is 5.98. The lowest BCUT2D eigenvalue weighted by Crippen LogP contribution is -1.98. The molecule has 0 heterocycles. The van der Waals surface area contributed by atoms with Crippen LogP contribution in [0.2, 0.25) is 0 Å². The van der Waals surface area contributed by atoms with Crippen LogP contribution >= 0.6 is 0 Å². The van der Waals surface area contributed by atoms with Crippen molar-refractivity contribution in [2.24, 2.45) is 0 Å². The van der Waals surface area contributed by atoms with Crippen LogP contribution in [-0.2, 0) is 10.1 Å². The van der Waals surface area contributed by atoms with Crippen molar-refractivity contribution in [1.82, 2.24) is 0 Å². The number of rotatable bonds is 2. The summed E-state index contributed by atoms with van der Waals surface area (Å²) < 4.78 is 30.8. The normalized spacial score (nSPS) is 11.3. The van der Waals surface area contributed by atoms with Gasteiger partial charge in [-0.2, -0.15) is 8.42 Å². The molecule has 4 heteroatoms. The Morgan fingerprint density at radius 1 is 1.00 bits per heavy atom. The van der Waals surface area contributed by atoms with Crippen molar-refractivity contribution in [1.29, 1.82) is 0 Å². The molecule has 2 aromatic rings. The summed E-state index contributed by atoms with van der Waals surface area (Å²) in [4.78, 5) is -0.234. The smallest absolute Gasteiger partial charge is 0.282 e. The van der Waals surface area contributed by atoms with Gasteiger partial charge < -0.3 is 0 Å². The molecular weight excluding hydrogens is 224 g/mol. The monoisotopic (exact) mass is 232 g/mol. The van der Waals surface area contributed by atoms with E-state index in [-0.39, 0.29) is 4.90 Å². The summed E-state index contributed by atoms with van der Waals surface area (Å²) in [6.07, 6.45) is 0. The molecule has 3 nitrogen and oxygen atoms in total. The first-order valence-electron chi connectivity index (χ1n) is 4.54. The molecule has 0 spiro atoms. The largest absolute Gasteiger partial charge is 0.295 e. The van der Waals surface area contributed by atoms with Crippen molar-refractivity contribution in [2.45, 2.75) is 4.90 Å². The molecular formula is C12H8O3S. The summed E-state index contributed by atoms with van der Waals surface area (Å²) in [5, 5.41) is 0. The fraction of sp³-hybridized carbons (Fsp3) is 0. The van der Waals surface area contributed by atoms with Crippen molar-refractivity contribution in [3.8, 4) is 11.1 Å². The highest BCUT2D eigenvalue weighted by Gasteiger charge is 2.10. The van der Waals surface area contributed by atoms with Crippen LogP contribution in [0.15, 0.2) is 47.4 Å². The van der Waals surface area contributed by atoms with E-state index < -0.39 is 10.1 Å². The maximum absolute atomic E-state index is 10.9. The summed E-state index contributed by atoms with van der Waals surface area (Å²) in [7, 11) is -4.20. The molecule has 0 fully saturated rings. The van der Waals surface area contributed by atoms with Crippen molar-refractivity contribution < 1.29 is 13.0 Å². The van der Waals surface area contributed by atoms with Gasteiger partial charge in [-0.3, -0.25) is 4.55 Å². The number of hydrogen-bond acceptors (Lipinski definition) is 2. The van der Waals surface area contributed by atoms with Crippen molar-refractivity contribution >= 4 is 10.1 Å². The topological polar surface area (TPSA) is 54.4 Å². The summed E-state index contributed by atoms with van der Waals surface area (Å²) in [5.74, 6) is 0.